The molecule has 0 spiro atoms. The number of amides is 1. The monoisotopic (exact) mass is 282 g/mol. The van der Waals surface area contributed by atoms with Crippen LogP contribution in [0.3, 0.4) is 0 Å². The molecule has 0 aliphatic rings. The lowest BCUT2D eigenvalue weighted by Gasteiger charge is -2.14. The fraction of sp³-hybridized carbons (Fsp3) is 0.533. The van der Waals surface area contributed by atoms with Crippen molar-refractivity contribution in [3.8, 4) is 0 Å². The molecule has 3 nitrogen and oxygen atoms in total. The van der Waals surface area contributed by atoms with E-state index in [1.54, 1.807) is 0 Å². The van der Waals surface area contributed by atoms with E-state index in [1.165, 1.54) is 0 Å². The Balaban J connectivity index is 2.28. The van der Waals surface area contributed by atoms with Crippen LogP contribution in [0.15, 0.2) is 24.3 Å². The smallest absolute Gasteiger partial charge is 0.236 e. The Morgan fingerprint density at radius 3 is 2.42 bits per heavy atom. The van der Waals surface area contributed by atoms with Crippen LogP contribution in [0.5, 0.6) is 0 Å². The van der Waals surface area contributed by atoms with E-state index in [-0.39, 0.29) is 11.9 Å². The average molecular weight is 283 g/mol. The number of carbonyl (C=O) groups excluding carboxylic acids is 1. The highest BCUT2D eigenvalue weighted by atomic mass is 35.5. The van der Waals surface area contributed by atoms with Crippen LogP contribution in [-0.2, 0) is 11.3 Å². The molecule has 0 aromatic heterocycles. The molecule has 2 N–H and O–H groups in total. The maximum absolute atomic E-state index is 11.8. The van der Waals surface area contributed by atoms with Gasteiger partial charge in [0.1, 0.15) is 0 Å². The molecule has 1 unspecified atom stereocenters. The van der Waals surface area contributed by atoms with Gasteiger partial charge in [0.15, 0.2) is 0 Å². The Morgan fingerprint density at radius 1 is 1.21 bits per heavy atom. The van der Waals surface area contributed by atoms with Crippen molar-refractivity contribution in [2.45, 2.75) is 39.8 Å². The number of hydrogen-bond acceptors (Lipinski definition) is 2. The zero-order valence-corrected chi connectivity index (χ0v) is 12.6. The molecule has 1 rings (SSSR count). The van der Waals surface area contributed by atoms with Gasteiger partial charge in [-0.3, -0.25) is 4.79 Å². The van der Waals surface area contributed by atoms with Gasteiger partial charge in [-0.2, -0.15) is 0 Å². The largest absolute Gasteiger partial charge is 0.355 e. The second-order valence-corrected chi connectivity index (χ2v) is 5.64. The lowest BCUT2D eigenvalue weighted by atomic mass is 10.1. The first-order valence-corrected chi connectivity index (χ1v) is 7.12. The minimum atomic E-state index is -0.192. The minimum absolute atomic E-state index is 0.0506. The summed E-state index contributed by atoms with van der Waals surface area (Å²) in [6.07, 6.45) is 1.01. The van der Waals surface area contributed by atoms with Crippen LogP contribution < -0.4 is 10.6 Å². The van der Waals surface area contributed by atoms with Crippen LogP contribution in [0.25, 0.3) is 0 Å². The summed E-state index contributed by atoms with van der Waals surface area (Å²) in [7, 11) is 0. The molecule has 0 aliphatic carbocycles. The number of hydrogen-bond donors (Lipinski definition) is 2. The van der Waals surface area contributed by atoms with Crippen LogP contribution in [0, 0.1) is 5.92 Å². The van der Waals surface area contributed by atoms with E-state index >= 15 is 0 Å². The summed E-state index contributed by atoms with van der Waals surface area (Å²) >= 11 is 5.82. The Hall–Kier alpha value is -1.06. The van der Waals surface area contributed by atoms with E-state index < -0.39 is 0 Å². The van der Waals surface area contributed by atoms with Crippen molar-refractivity contribution in [3.05, 3.63) is 34.9 Å². The van der Waals surface area contributed by atoms with Crippen molar-refractivity contribution in [2.75, 3.05) is 6.54 Å². The van der Waals surface area contributed by atoms with Gasteiger partial charge in [-0.25, -0.2) is 0 Å². The standard InChI is InChI=1S/C15H23ClN2O/c1-11(2)8-9-17-15(19)12(3)18-10-13-4-6-14(16)7-5-13/h4-7,11-12,18H,8-10H2,1-3H3,(H,17,19). The highest BCUT2D eigenvalue weighted by molar-refractivity contribution is 6.30. The van der Waals surface area contributed by atoms with Gasteiger partial charge in [0, 0.05) is 18.1 Å². The molecule has 0 heterocycles. The predicted molar refractivity (Wildman–Crippen MR) is 80.2 cm³/mol. The molecular formula is C15H23ClN2O. The summed E-state index contributed by atoms with van der Waals surface area (Å²) in [4.78, 5) is 11.8. The highest BCUT2D eigenvalue weighted by Crippen LogP contribution is 2.09. The van der Waals surface area contributed by atoms with Gasteiger partial charge >= 0.3 is 0 Å². The molecule has 0 aliphatic heterocycles. The lowest BCUT2D eigenvalue weighted by Crippen LogP contribution is -2.42. The van der Waals surface area contributed by atoms with Gasteiger partial charge in [0.2, 0.25) is 5.91 Å². The topological polar surface area (TPSA) is 41.1 Å². The first kappa shape index (κ1) is 16.0. The van der Waals surface area contributed by atoms with E-state index in [0.29, 0.717) is 12.5 Å². The normalized spacial score (nSPS) is 12.5. The third-order valence-electron chi connectivity index (χ3n) is 2.94. The summed E-state index contributed by atoms with van der Waals surface area (Å²) in [5.41, 5.74) is 1.12. The van der Waals surface area contributed by atoms with Crippen molar-refractivity contribution in [3.63, 3.8) is 0 Å². The fourth-order valence-corrected chi connectivity index (χ4v) is 1.73. The molecule has 106 valence electrons. The van der Waals surface area contributed by atoms with E-state index in [4.69, 9.17) is 11.6 Å². The van der Waals surface area contributed by atoms with Crippen molar-refractivity contribution in [1.29, 1.82) is 0 Å². The molecule has 0 fully saturated rings. The summed E-state index contributed by atoms with van der Waals surface area (Å²) in [6, 6.07) is 7.43. The number of carbonyl (C=O) groups is 1. The Kier molecular flexibility index (Phi) is 6.89. The van der Waals surface area contributed by atoms with Crippen LogP contribution >= 0.6 is 11.6 Å². The zero-order chi connectivity index (χ0) is 14.3. The van der Waals surface area contributed by atoms with Crippen LogP contribution in [-0.4, -0.2) is 18.5 Å². The SMILES string of the molecule is CC(C)CCNC(=O)C(C)NCc1ccc(Cl)cc1. The summed E-state index contributed by atoms with van der Waals surface area (Å²) < 4.78 is 0. The fourth-order valence-electron chi connectivity index (χ4n) is 1.60. The number of rotatable bonds is 7. The molecule has 0 radical (unpaired) electrons. The first-order chi connectivity index (χ1) is 8.99. The Labute approximate surface area is 120 Å². The molecule has 0 saturated carbocycles. The maximum Gasteiger partial charge on any atom is 0.236 e. The van der Waals surface area contributed by atoms with Gasteiger partial charge < -0.3 is 10.6 Å². The highest BCUT2D eigenvalue weighted by Gasteiger charge is 2.11. The molecule has 4 heteroatoms. The molecule has 1 amide bonds. The lowest BCUT2D eigenvalue weighted by molar-refractivity contribution is -0.122. The van der Waals surface area contributed by atoms with E-state index in [1.807, 2.05) is 31.2 Å². The molecule has 1 aromatic carbocycles. The Morgan fingerprint density at radius 2 is 1.84 bits per heavy atom. The number of halogens is 1. The van der Waals surface area contributed by atoms with Gasteiger partial charge in [0.05, 0.1) is 6.04 Å². The van der Waals surface area contributed by atoms with Gasteiger partial charge in [-0.05, 0) is 37.0 Å². The predicted octanol–water partition coefficient (Wildman–Crippen LogP) is 2.98. The van der Waals surface area contributed by atoms with Crippen LogP contribution in [0.4, 0.5) is 0 Å². The van der Waals surface area contributed by atoms with Crippen LogP contribution in [0.2, 0.25) is 5.02 Å². The van der Waals surface area contributed by atoms with E-state index in [9.17, 15) is 4.79 Å². The zero-order valence-electron chi connectivity index (χ0n) is 11.9. The van der Waals surface area contributed by atoms with E-state index in [2.05, 4.69) is 24.5 Å². The van der Waals surface area contributed by atoms with Crippen molar-refractivity contribution < 1.29 is 4.79 Å². The molecule has 0 saturated heterocycles. The van der Waals surface area contributed by atoms with Gasteiger partial charge in [-0.1, -0.05) is 37.6 Å². The quantitative estimate of drug-likeness (QED) is 0.807. The molecule has 1 atom stereocenters. The molecule has 19 heavy (non-hydrogen) atoms. The van der Waals surface area contributed by atoms with Gasteiger partial charge in [-0.15, -0.1) is 0 Å². The number of benzene rings is 1. The summed E-state index contributed by atoms with van der Waals surface area (Å²) in [5, 5.41) is 6.86. The second kappa shape index (κ2) is 8.18. The van der Waals surface area contributed by atoms with Gasteiger partial charge in [0.25, 0.3) is 0 Å². The summed E-state index contributed by atoms with van der Waals surface area (Å²) in [5.74, 6) is 0.659. The van der Waals surface area contributed by atoms with Crippen molar-refractivity contribution >= 4 is 17.5 Å². The number of nitrogens with one attached hydrogen (secondary N) is 2. The molecule has 0 bridgehead atoms. The maximum atomic E-state index is 11.8. The molecule has 1 aromatic rings. The third kappa shape index (κ3) is 6.60. The molecular weight excluding hydrogens is 260 g/mol. The minimum Gasteiger partial charge on any atom is -0.355 e. The second-order valence-electron chi connectivity index (χ2n) is 5.20. The summed E-state index contributed by atoms with van der Waals surface area (Å²) in [6.45, 7) is 7.57. The first-order valence-electron chi connectivity index (χ1n) is 6.74. The Bertz CT molecular complexity index is 390. The van der Waals surface area contributed by atoms with E-state index in [0.717, 1.165) is 23.6 Å². The average Bonchev–Trinajstić information content (AvgIpc) is 2.37. The van der Waals surface area contributed by atoms with Crippen molar-refractivity contribution in [1.82, 2.24) is 10.6 Å². The third-order valence-corrected chi connectivity index (χ3v) is 3.19. The van der Waals surface area contributed by atoms with Crippen LogP contribution in [0.1, 0.15) is 32.8 Å². The van der Waals surface area contributed by atoms with Crippen molar-refractivity contribution in [2.24, 2.45) is 5.92 Å².